The van der Waals surface area contributed by atoms with E-state index in [1.165, 1.54) is 0 Å². The van der Waals surface area contributed by atoms with Crippen LogP contribution in [0.15, 0.2) is 57.8 Å². The van der Waals surface area contributed by atoms with Crippen molar-refractivity contribution in [1.82, 2.24) is 10.2 Å². The molecule has 2 N–H and O–H groups in total. The highest BCUT2D eigenvalue weighted by Gasteiger charge is 2.72. The number of piperazine rings is 1. The van der Waals surface area contributed by atoms with E-state index < -0.39 is 11.6 Å². The number of carbonyl (C=O) groups excluding carboxylic acids is 2. The summed E-state index contributed by atoms with van der Waals surface area (Å²) in [5.41, 5.74) is 0.126. The highest BCUT2D eigenvalue weighted by Crippen LogP contribution is 2.55. The Balaban J connectivity index is 1.37. The lowest BCUT2D eigenvalue weighted by molar-refractivity contribution is -0.137. The van der Waals surface area contributed by atoms with E-state index in [0.29, 0.717) is 35.7 Å². The number of aliphatic hydroxyl groups excluding tert-OH is 1. The van der Waals surface area contributed by atoms with Crippen LogP contribution < -0.4 is 5.32 Å². The van der Waals surface area contributed by atoms with Gasteiger partial charge in [0, 0.05) is 41.5 Å². The Kier molecular flexibility index (Phi) is 4.77. The Hall–Kier alpha value is -2.13. The van der Waals surface area contributed by atoms with Crippen LogP contribution >= 0.6 is 11.8 Å². The fourth-order valence-electron chi connectivity index (χ4n) is 5.12. The molecule has 0 bridgehead atoms. The molecule has 5 rings (SSSR count). The second-order valence-electron chi connectivity index (χ2n) is 7.94. The third kappa shape index (κ3) is 2.64. The summed E-state index contributed by atoms with van der Waals surface area (Å²) in [6.07, 6.45) is 0. The van der Waals surface area contributed by atoms with Gasteiger partial charge < -0.3 is 24.8 Å². The average Bonchev–Trinajstić information content (AvgIpc) is 3.37. The van der Waals surface area contributed by atoms with Gasteiger partial charge in [-0.2, -0.15) is 0 Å². The van der Waals surface area contributed by atoms with E-state index in [1.807, 2.05) is 35.2 Å². The van der Waals surface area contributed by atoms with Gasteiger partial charge in [-0.15, -0.1) is 11.8 Å². The molecule has 0 saturated carbocycles. The molecule has 3 heterocycles. The van der Waals surface area contributed by atoms with Gasteiger partial charge >= 0.3 is 0 Å². The summed E-state index contributed by atoms with van der Waals surface area (Å²) in [6, 6.07) is 10.2. The molecule has 2 saturated heterocycles. The molecule has 1 aromatic rings. The van der Waals surface area contributed by atoms with Crippen molar-refractivity contribution >= 4 is 23.3 Å². The number of hydrogen-bond acceptors (Lipinski definition) is 8. The topological polar surface area (TPSA) is 98.0 Å². The van der Waals surface area contributed by atoms with Crippen molar-refractivity contribution in [1.29, 1.82) is 0 Å². The normalized spacial score (nSPS) is 31.8. The van der Waals surface area contributed by atoms with Crippen molar-refractivity contribution in [2.45, 2.75) is 29.6 Å². The Morgan fingerprint density at radius 3 is 2.73 bits per heavy atom. The number of benzene rings is 1. The Morgan fingerprint density at radius 1 is 1.27 bits per heavy atom. The minimum atomic E-state index is -0.895. The summed E-state index contributed by atoms with van der Waals surface area (Å²) in [6.45, 7) is 2.26. The van der Waals surface area contributed by atoms with Gasteiger partial charge in [0.05, 0.1) is 30.9 Å². The third-order valence-corrected chi connectivity index (χ3v) is 7.48. The molecule has 30 heavy (non-hydrogen) atoms. The number of carbonyl (C=O) groups is 2. The standard InChI is InChI=1S/C22H24N2O5S/c1-12-18(26)17-16(14(11-25)22(28-2)21-15(23-21)10-24(17)22)19(27)20(12)29-8-9-30-13-6-4-3-5-7-13/h3-7,14-15,21,23,25H,8-11H2,1-2H3. The van der Waals surface area contributed by atoms with Crippen LogP contribution in [0.3, 0.4) is 0 Å². The van der Waals surface area contributed by atoms with Crippen molar-refractivity contribution in [3.05, 3.63) is 52.9 Å². The zero-order chi connectivity index (χ0) is 21.0. The minimum absolute atomic E-state index is 0.00204. The van der Waals surface area contributed by atoms with Crippen LogP contribution in [0.2, 0.25) is 0 Å². The molecule has 3 aliphatic heterocycles. The summed E-state index contributed by atoms with van der Waals surface area (Å²) in [5, 5.41) is 13.5. The van der Waals surface area contributed by atoms with Crippen LogP contribution in [0.1, 0.15) is 6.92 Å². The van der Waals surface area contributed by atoms with Crippen LogP contribution in [-0.4, -0.2) is 72.0 Å². The highest BCUT2D eigenvalue weighted by atomic mass is 32.2. The third-order valence-electron chi connectivity index (χ3n) is 6.50. The fraction of sp³-hybridized carbons (Fsp3) is 0.455. The smallest absolute Gasteiger partial charge is 0.226 e. The van der Waals surface area contributed by atoms with Crippen molar-refractivity contribution in [2.75, 3.05) is 32.6 Å². The first-order valence-corrected chi connectivity index (χ1v) is 11.1. The number of thioether (sulfide) groups is 1. The van der Waals surface area contributed by atoms with Crippen molar-refractivity contribution < 1.29 is 24.2 Å². The van der Waals surface area contributed by atoms with Gasteiger partial charge in [-0.05, 0) is 19.1 Å². The molecule has 7 nitrogen and oxygen atoms in total. The Morgan fingerprint density at radius 2 is 2.03 bits per heavy atom. The zero-order valence-electron chi connectivity index (χ0n) is 16.9. The second-order valence-corrected chi connectivity index (χ2v) is 9.11. The molecule has 4 aliphatic rings. The summed E-state index contributed by atoms with van der Waals surface area (Å²) in [4.78, 5) is 29.6. The Labute approximate surface area is 179 Å². The minimum Gasteiger partial charge on any atom is -0.488 e. The lowest BCUT2D eigenvalue weighted by Crippen LogP contribution is -2.54. The number of rotatable bonds is 7. The van der Waals surface area contributed by atoms with Crippen molar-refractivity contribution in [3.63, 3.8) is 0 Å². The quantitative estimate of drug-likeness (QED) is 0.288. The monoisotopic (exact) mass is 428 g/mol. The molecular formula is C22H24N2O5S. The number of methoxy groups -OCH3 is 1. The van der Waals surface area contributed by atoms with Crippen LogP contribution in [0, 0.1) is 5.92 Å². The lowest BCUT2D eigenvalue weighted by Gasteiger charge is -2.39. The molecule has 0 amide bonds. The molecule has 4 unspecified atom stereocenters. The number of hydrogen-bond donors (Lipinski definition) is 2. The van der Waals surface area contributed by atoms with Crippen LogP contribution in [0.25, 0.3) is 0 Å². The van der Waals surface area contributed by atoms with E-state index in [2.05, 4.69) is 5.32 Å². The summed E-state index contributed by atoms with van der Waals surface area (Å²) < 4.78 is 11.7. The zero-order valence-corrected chi connectivity index (χ0v) is 17.7. The molecule has 158 valence electrons. The highest BCUT2D eigenvalue weighted by molar-refractivity contribution is 7.99. The predicted molar refractivity (Wildman–Crippen MR) is 111 cm³/mol. The van der Waals surface area contributed by atoms with E-state index >= 15 is 0 Å². The van der Waals surface area contributed by atoms with Gasteiger partial charge in [-0.1, -0.05) is 18.2 Å². The number of aliphatic hydroxyl groups is 1. The maximum Gasteiger partial charge on any atom is 0.226 e. The van der Waals surface area contributed by atoms with Gasteiger partial charge in [-0.3, -0.25) is 9.59 Å². The molecule has 0 radical (unpaired) electrons. The largest absolute Gasteiger partial charge is 0.488 e. The molecular weight excluding hydrogens is 404 g/mol. The van der Waals surface area contributed by atoms with Gasteiger partial charge in [-0.25, -0.2) is 0 Å². The summed E-state index contributed by atoms with van der Waals surface area (Å²) in [5.74, 6) is -0.370. The van der Waals surface area contributed by atoms with Gasteiger partial charge in [0.1, 0.15) is 0 Å². The first kappa shape index (κ1) is 19.8. The number of nitrogens with one attached hydrogen (secondary N) is 1. The Bertz CT molecular complexity index is 975. The summed E-state index contributed by atoms with van der Waals surface area (Å²) >= 11 is 1.63. The maximum atomic E-state index is 13.4. The number of allylic oxidation sites excluding steroid dienone is 2. The van der Waals surface area contributed by atoms with Crippen molar-refractivity contribution in [3.8, 4) is 0 Å². The van der Waals surface area contributed by atoms with E-state index in [1.54, 1.807) is 25.8 Å². The predicted octanol–water partition coefficient (Wildman–Crippen LogP) is 1.10. The van der Waals surface area contributed by atoms with Gasteiger partial charge in [0.2, 0.25) is 11.6 Å². The first-order valence-electron chi connectivity index (χ1n) is 10.1. The number of nitrogens with zero attached hydrogens (tertiary/aromatic N) is 1. The van der Waals surface area contributed by atoms with Crippen LogP contribution in [0.5, 0.6) is 0 Å². The number of ether oxygens (including phenoxy) is 2. The number of ketones is 2. The number of fused-ring (bicyclic) bond motifs is 4. The molecule has 0 aromatic heterocycles. The van der Waals surface area contributed by atoms with Crippen molar-refractivity contribution in [2.24, 2.45) is 5.92 Å². The summed E-state index contributed by atoms with van der Waals surface area (Å²) in [7, 11) is 1.57. The van der Waals surface area contributed by atoms with E-state index in [4.69, 9.17) is 9.47 Å². The van der Waals surface area contributed by atoms with E-state index in [-0.39, 0.29) is 36.0 Å². The maximum absolute atomic E-state index is 13.4. The van der Waals surface area contributed by atoms with Crippen LogP contribution in [0.4, 0.5) is 0 Å². The van der Waals surface area contributed by atoms with Gasteiger partial charge in [0.15, 0.2) is 11.5 Å². The van der Waals surface area contributed by atoms with E-state index in [9.17, 15) is 14.7 Å². The fourth-order valence-corrected chi connectivity index (χ4v) is 5.87. The SMILES string of the molecule is COC12C(CO)C3=C(C(=O)C(C)=C(OCCSc4ccccc4)C3=O)N1CC1NC12. The lowest BCUT2D eigenvalue weighted by atomic mass is 9.83. The second kappa shape index (κ2) is 7.23. The molecule has 1 aliphatic carbocycles. The number of Topliss-reactive ketones (excluding diaryl/α,β-unsaturated/α-hetero) is 2. The molecule has 0 spiro atoms. The molecule has 2 fully saturated rings. The van der Waals surface area contributed by atoms with Gasteiger partial charge in [0.25, 0.3) is 0 Å². The molecule has 4 atom stereocenters. The molecule has 8 heteroatoms. The first-order chi connectivity index (χ1) is 14.5. The average molecular weight is 429 g/mol. The van der Waals surface area contributed by atoms with E-state index in [0.717, 1.165) is 4.90 Å². The van der Waals surface area contributed by atoms with Crippen LogP contribution in [-0.2, 0) is 19.1 Å². The molecule has 1 aromatic carbocycles.